The third-order valence-electron chi connectivity index (χ3n) is 4.70. The van der Waals surface area contributed by atoms with Crippen LogP contribution in [-0.2, 0) is 12.6 Å². The lowest BCUT2D eigenvalue weighted by Gasteiger charge is -2.48. The molecule has 1 fully saturated rings. The van der Waals surface area contributed by atoms with Crippen LogP contribution >= 0.6 is 0 Å². The first-order valence-electron chi connectivity index (χ1n) is 7.04. The lowest BCUT2D eigenvalue weighted by atomic mass is 9.61. The molecule has 3 nitrogen and oxygen atoms in total. The first-order chi connectivity index (χ1) is 8.27. The predicted octanol–water partition coefficient (Wildman–Crippen LogP) is 3.12. The van der Waals surface area contributed by atoms with Gasteiger partial charge in [0.15, 0.2) is 0 Å². The molecule has 0 aromatic carbocycles. The number of aromatic nitrogens is 2. The van der Waals surface area contributed by atoms with Crippen molar-refractivity contribution in [3.63, 3.8) is 0 Å². The van der Waals surface area contributed by atoms with Gasteiger partial charge in [0.1, 0.15) is 5.82 Å². The zero-order valence-electron chi connectivity index (χ0n) is 12.5. The van der Waals surface area contributed by atoms with Crippen molar-refractivity contribution in [2.75, 3.05) is 0 Å². The van der Waals surface area contributed by atoms with Gasteiger partial charge in [-0.15, -0.1) is 0 Å². The van der Waals surface area contributed by atoms with Gasteiger partial charge in [-0.1, -0.05) is 33.6 Å². The summed E-state index contributed by atoms with van der Waals surface area (Å²) >= 11 is 0. The molecule has 18 heavy (non-hydrogen) atoms. The van der Waals surface area contributed by atoms with E-state index in [9.17, 15) is 0 Å². The van der Waals surface area contributed by atoms with Crippen LogP contribution in [0.2, 0.25) is 0 Å². The van der Waals surface area contributed by atoms with Crippen molar-refractivity contribution in [1.29, 1.82) is 0 Å². The van der Waals surface area contributed by atoms with E-state index in [4.69, 9.17) is 5.73 Å². The second-order valence-corrected chi connectivity index (χ2v) is 6.95. The smallest absolute Gasteiger partial charge is 0.105 e. The van der Waals surface area contributed by atoms with E-state index in [0.29, 0.717) is 5.92 Å². The quantitative estimate of drug-likeness (QED) is 0.831. The minimum absolute atomic E-state index is 0.216. The number of imidazole rings is 1. The lowest BCUT2D eigenvalue weighted by molar-refractivity contribution is 0.0727. The molecular weight excluding hydrogens is 222 g/mol. The van der Waals surface area contributed by atoms with Crippen LogP contribution in [-0.4, -0.2) is 9.55 Å². The Morgan fingerprint density at radius 3 is 2.56 bits per heavy atom. The van der Waals surface area contributed by atoms with Gasteiger partial charge in [0.2, 0.25) is 0 Å². The number of hydrogen-bond donors (Lipinski definition) is 1. The van der Waals surface area contributed by atoms with Gasteiger partial charge in [-0.05, 0) is 31.1 Å². The summed E-state index contributed by atoms with van der Waals surface area (Å²) in [7, 11) is 2.08. The van der Waals surface area contributed by atoms with Crippen LogP contribution in [0.4, 0.5) is 0 Å². The Bertz CT molecular complexity index is 427. The Morgan fingerprint density at radius 2 is 2.06 bits per heavy atom. The van der Waals surface area contributed by atoms with Crippen molar-refractivity contribution >= 4 is 0 Å². The summed E-state index contributed by atoms with van der Waals surface area (Å²) in [4.78, 5) is 4.44. The molecule has 0 spiro atoms. The van der Waals surface area contributed by atoms with Gasteiger partial charge < -0.3 is 10.3 Å². The van der Waals surface area contributed by atoms with Crippen molar-refractivity contribution < 1.29 is 0 Å². The normalized spacial score (nSPS) is 29.6. The summed E-state index contributed by atoms with van der Waals surface area (Å²) in [5, 5.41) is 0. The van der Waals surface area contributed by atoms with Crippen LogP contribution in [0.3, 0.4) is 0 Å². The maximum Gasteiger partial charge on any atom is 0.105 e. The fourth-order valence-corrected chi connectivity index (χ4v) is 3.64. The molecule has 1 heterocycles. The highest BCUT2D eigenvalue weighted by molar-refractivity contribution is 5.19. The minimum Gasteiger partial charge on any atom is -0.334 e. The largest absolute Gasteiger partial charge is 0.334 e. The average Bonchev–Trinajstić information content (AvgIpc) is 2.59. The first kappa shape index (κ1) is 13.6. The van der Waals surface area contributed by atoms with E-state index in [2.05, 4.69) is 37.4 Å². The molecule has 0 bridgehead atoms. The highest BCUT2D eigenvalue weighted by Gasteiger charge is 2.46. The van der Waals surface area contributed by atoms with Gasteiger partial charge in [-0.3, -0.25) is 0 Å². The molecule has 2 N–H and O–H groups in total. The summed E-state index contributed by atoms with van der Waals surface area (Å²) in [6.07, 6.45) is 6.82. The zero-order chi connectivity index (χ0) is 13.6. The third-order valence-corrected chi connectivity index (χ3v) is 4.70. The monoisotopic (exact) mass is 249 g/mol. The van der Waals surface area contributed by atoms with Crippen LogP contribution in [0.1, 0.15) is 58.0 Å². The number of nitrogens with two attached hydrogens (primary N) is 1. The maximum absolute atomic E-state index is 6.86. The molecule has 1 aliphatic rings. The van der Waals surface area contributed by atoms with Gasteiger partial charge >= 0.3 is 0 Å². The molecule has 0 aliphatic heterocycles. The lowest BCUT2D eigenvalue weighted by Crippen LogP contribution is -2.52. The van der Waals surface area contributed by atoms with Gasteiger partial charge in [-0.25, -0.2) is 4.98 Å². The van der Waals surface area contributed by atoms with E-state index < -0.39 is 0 Å². The Balaban J connectivity index is 2.46. The van der Waals surface area contributed by atoms with Crippen molar-refractivity contribution in [2.24, 2.45) is 24.1 Å². The number of aryl methyl sites for hydroxylation is 1. The fourth-order valence-electron chi connectivity index (χ4n) is 3.64. The van der Waals surface area contributed by atoms with Crippen molar-refractivity contribution in [3.05, 3.63) is 17.7 Å². The van der Waals surface area contributed by atoms with Gasteiger partial charge in [0.05, 0.1) is 17.4 Å². The topological polar surface area (TPSA) is 43.8 Å². The van der Waals surface area contributed by atoms with Crippen molar-refractivity contribution in [2.45, 2.75) is 58.9 Å². The van der Waals surface area contributed by atoms with Crippen LogP contribution in [0.5, 0.6) is 0 Å². The summed E-state index contributed by atoms with van der Waals surface area (Å²) < 4.78 is 2.17. The van der Waals surface area contributed by atoms with E-state index in [1.165, 1.54) is 25.0 Å². The van der Waals surface area contributed by atoms with E-state index in [-0.39, 0.29) is 11.0 Å². The summed E-state index contributed by atoms with van der Waals surface area (Å²) in [6, 6.07) is 0. The average molecular weight is 249 g/mol. The highest BCUT2D eigenvalue weighted by atomic mass is 15.1. The van der Waals surface area contributed by atoms with Gasteiger partial charge in [0, 0.05) is 7.05 Å². The van der Waals surface area contributed by atoms with E-state index in [1.807, 2.05) is 13.1 Å². The van der Waals surface area contributed by atoms with Crippen LogP contribution in [0, 0.1) is 18.3 Å². The zero-order valence-corrected chi connectivity index (χ0v) is 12.5. The predicted molar refractivity (Wildman–Crippen MR) is 75.2 cm³/mol. The van der Waals surface area contributed by atoms with Crippen molar-refractivity contribution in [3.8, 4) is 0 Å². The minimum atomic E-state index is -0.216. The number of nitrogens with zero attached hydrogens (tertiary/aromatic N) is 2. The molecule has 0 saturated heterocycles. The fraction of sp³-hybridized carbons (Fsp3) is 0.800. The van der Waals surface area contributed by atoms with E-state index >= 15 is 0 Å². The molecule has 0 amide bonds. The molecule has 1 aromatic heterocycles. The first-order valence-corrected chi connectivity index (χ1v) is 7.04. The third kappa shape index (κ3) is 2.09. The molecule has 2 atom stereocenters. The Hall–Kier alpha value is -0.830. The molecule has 1 aromatic rings. The number of hydrogen-bond acceptors (Lipinski definition) is 2. The van der Waals surface area contributed by atoms with Crippen LogP contribution in [0.15, 0.2) is 6.20 Å². The SMILES string of the molecule is Cc1ncc(C2(N)CCCCC2C(C)(C)C)n1C. The van der Waals surface area contributed by atoms with Crippen molar-refractivity contribution in [1.82, 2.24) is 9.55 Å². The molecule has 2 unspecified atom stereocenters. The summed E-state index contributed by atoms with van der Waals surface area (Å²) in [5.41, 5.74) is 8.10. The van der Waals surface area contributed by atoms with Gasteiger partial charge in [-0.2, -0.15) is 0 Å². The second kappa shape index (κ2) is 4.37. The number of rotatable bonds is 1. The summed E-state index contributed by atoms with van der Waals surface area (Å²) in [5.74, 6) is 1.57. The Kier molecular flexibility index (Phi) is 3.30. The maximum atomic E-state index is 6.86. The van der Waals surface area contributed by atoms with Crippen LogP contribution < -0.4 is 5.73 Å². The molecule has 1 aliphatic carbocycles. The second-order valence-electron chi connectivity index (χ2n) is 6.95. The van der Waals surface area contributed by atoms with Crippen LogP contribution in [0.25, 0.3) is 0 Å². The Labute approximate surface area is 111 Å². The standard InChI is InChI=1S/C15H27N3/c1-11-17-10-13(18(11)5)15(16)9-7-6-8-12(15)14(2,3)4/h10,12H,6-9,16H2,1-5H3. The molecular formula is C15H27N3. The molecule has 0 radical (unpaired) electrons. The molecule has 2 rings (SSSR count). The van der Waals surface area contributed by atoms with E-state index in [0.717, 1.165) is 12.2 Å². The Morgan fingerprint density at radius 1 is 1.39 bits per heavy atom. The highest BCUT2D eigenvalue weighted by Crippen LogP contribution is 2.48. The molecule has 1 saturated carbocycles. The molecule has 3 heteroatoms. The molecule has 102 valence electrons. The van der Waals surface area contributed by atoms with E-state index in [1.54, 1.807) is 0 Å². The van der Waals surface area contributed by atoms with Gasteiger partial charge in [0.25, 0.3) is 0 Å². The summed E-state index contributed by atoms with van der Waals surface area (Å²) in [6.45, 7) is 8.98.